The van der Waals surface area contributed by atoms with Crippen molar-refractivity contribution < 1.29 is 0 Å². The number of hydrogen-bond acceptors (Lipinski definition) is 4. The predicted octanol–water partition coefficient (Wildman–Crippen LogP) is 0.733. The van der Waals surface area contributed by atoms with Crippen LogP contribution in [0.4, 0.5) is 5.69 Å². The van der Waals surface area contributed by atoms with Crippen molar-refractivity contribution in [1.82, 2.24) is 0 Å². The number of anilines is 1. The molecule has 0 saturated carbocycles. The number of rotatable bonds is 0. The Kier molecular flexibility index (Phi) is 1.35. The second kappa shape index (κ2) is 2.14. The first kappa shape index (κ1) is 6.97. The zero-order valence-electron chi connectivity index (χ0n) is 5.87. The molecule has 4 heteroatoms. The largest absolute Gasteiger partial charge is 0.345 e. The fraction of sp³-hybridized carbons (Fsp3) is 0.143. The third kappa shape index (κ3) is 1.20. The first-order valence-corrected chi connectivity index (χ1v) is 4.13. The maximum Gasteiger partial charge on any atom is 0.193 e. The summed E-state index contributed by atoms with van der Waals surface area (Å²) >= 11 is 1.44. The maximum atomic E-state index is 5.66. The van der Waals surface area contributed by atoms with Crippen molar-refractivity contribution in [3.8, 4) is 0 Å². The van der Waals surface area contributed by atoms with Crippen molar-refractivity contribution in [2.75, 3.05) is 5.32 Å². The highest BCUT2D eigenvalue weighted by Crippen LogP contribution is 2.39. The van der Waals surface area contributed by atoms with Gasteiger partial charge >= 0.3 is 0 Å². The van der Waals surface area contributed by atoms with Crippen LogP contribution in [-0.4, -0.2) is 5.12 Å². The number of hydrogen-bond donors (Lipinski definition) is 3. The van der Waals surface area contributed by atoms with E-state index in [-0.39, 0.29) is 0 Å². The number of thioether (sulfide) groups is 1. The van der Waals surface area contributed by atoms with Gasteiger partial charge in [-0.2, -0.15) is 0 Å². The molecule has 0 saturated heterocycles. The van der Waals surface area contributed by atoms with Gasteiger partial charge in [-0.05, 0) is 12.1 Å². The highest BCUT2D eigenvalue weighted by atomic mass is 32.2. The Balaban J connectivity index is 2.41. The first-order chi connectivity index (χ1) is 5.17. The molecule has 11 heavy (non-hydrogen) atoms. The fourth-order valence-electron chi connectivity index (χ4n) is 1.08. The molecule has 1 heterocycles. The van der Waals surface area contributed by atoms with Gasteiger partial charge in [0.05, 0.1) is 5.69 Å². The number of nitrogens with two attached hydrogens (primary N) is 2. The average Bonchev–Trinajstić information content (AvgIpc) is 2.21. The summed E-state index contributed by atoms with van der Waals surface area (Å²) in [6.45, 7) is 0. The monoisotopic (exact) mass is 167 g/mol. The molecule has 5 N–H and O–H groups in total. The Labute approximate surface area is 69.1 Å². The molecule has 1 aromatic carbocycles. The van der Waals surface area contributed by atoms with Crippen molar-refractivity contribution in [3.63, 3.8) is 0 Å². The zero-order chi connectivity index (χ0) is 7.90. The topological polar surface area (TPSA) is 64.1 Å². The van der Waals surface area contributed by atoms with E-state index in [4.69, 9.17) is 11.5 Å². The molecular weight excluding hydrogens is 158 g/mol. The van der Waals surface area contributed by atoms with Gasteiger partial charge in [-0.3, -0.25) is 11.5 Å². The van der Waals surface area contributed by atoms with Crippen molar-refractivity contribution in [3.05, 3.63) is 24.3 Å². The summed E-state index contributed by atoms with van der Waals surface area (Å²) in [5.41, 5.74) is 12.3. The first-order valence-electron chi connectivity index (χ1n) is 3.31. The number of benzene rings is 1. The smallest absolute Gasteiger partial charge is 0.193 e. The molecule has 0 fully saturated rings. The summed E-state index contributed by atoms with van der Waals surface area (Å²) in [5.74, 6) is 0. The summed E-state index contributed by atoms with van der Waals surface area (Å²) in [4.78, 5) is 1.11. The van der Waals surface area contributed by atoms with Crippen molar-refractivity contribution in [2.24, 2.45) is 11.5 Å². The zero-order valence-corrected chi connectivity index (χ0v) is 6.69. The van der Waals surface area contributed by atoms with E-state index in [0.717, 1.165) is 10.6 Å². The third-order valence-electron chi connectivity index (χ3n) is 1.50. The molecule has 1 aliphatic rings. The van der Waals surface area contributed by atoms with Crippen LogP contribution >= 0.6 is 11.8 Å². The third-order valence-corrected chi connectivity index (χ3v) is 2.51. The Hall–Kier alpha value is -0.710. The van der Waals surface area contributed by atoms with Crippen LogP contribution in [0.5, 0.6) is 0 Å². The van der Waals surface area contributed by atoms with Gasteiger partial charge in [0.2, 0.25) is 0 Å². The van der Waals surface area contributed by atoms with Crippen molar-refractivity contribution >= 4 is 17.4 Å². The van der Waals surface area contributed by atoms with Gasteiger partial charge in [0, 0.05) is 4.90 Å². The van der Waals surface area contributed by atoms with E-state index in [1.165, 1.54) is 11.8 Å². The van der Waals surface area contributed by atoms with Crippen LogP contribution in [-0.2, 0) is 0 Å². The standard InChI is InChI=1S/C7H9N3S/c8-7(9)10-5-3-1-2-4-6(5)11-7/h1-4,10H,8-9H2. The summed E-state index contributed by atoms with van der Waals surface area (Å²) in [5, 5.41) is 2.16. The van der Waals surface area contributed by atoms with Crippen LogP contribution in [0.25, 0.3) is 0 Å². The van der Waals surface area contributed by atoms with E-state index in [1.807, 2.05) is 24.3 Å². The highest BCUT2D eigenvalue weighted by molar-refractivity contribution is 8.01. The molecule has 3 nitrogen and oxygen atoms in total. The van der Waals surface area contributed by atoms with Gasteiger partial charge in [-0.1, -0.05) is 23.9 Å². The molecule has 0 radical (unpaired) electrons. The minimum atomic E-state index is -0.830. The Morgan fingerprint density at radius 1 is 1.27 bits per heavy atom. The molecule has 1 aromatic rings. The van der Waals surface area contributed by atoms with Gasteiger partial charge in [-0.25, -0.2) is 0 Å². The molecule has 0 unspecified atom stereocenters. The van der Waals surface area contributed by atoms with Crippen LogP contribution in [0.2, 0.25) is 0 Å². The molecule has 58 valence electrons. The molecule has 1 aliphatic heterocycles. The van der Waals surface area contributed by atoms with E-state index in [1.54, 1.807) is 0 Å². The van der Waals surface area contributed by atoms with E-state index >= 15 is 0 Å². The van der Waals surface area contributed by atoms with Crippen LogP contribution in [0.3, 0.4) is 0 Å². The van der Waals surface area contributed by atoms with Gasteiger partial charge in [0.15, 0.2) is 5.12 Å². The second-order valence-corrected chi connectivity index (χ2v) is 3.84. The number of fused-ring (bicyclic) bond motifs is 1. The van der Waals surface area contributed by atoms with Crippen molar-refractivity contribution in [2.45, 2.75) is 10.0 Å². The van der Waals surface area contributed by atoms with Crippen LogP contribution in [0, 0.1) is 0 Å². The van der Waals surface area contributed by atoms with Crippen LogP contribution in [0.15, 0.2) is 29.2 Å². The Morgan fingerprint density at radius 3 is 2.73 bits per heavy atom. The molecule has 0 aromatic heterocycles. The highest BCUT2D eigenvalue weighted by Gasteiger charge is 2.28. The van der Waals surface area contributed by atoms with Gasteiger partial charge in [0.25, 0.3) is 0 Å². The summed E-state index contributed by atoms with van der Waals surface area (Å²) in [6, 6.07) is 7.88. The van der Waals surface area contributed by atoms with E-state index in [2.05, 4.69) is 5.32 Å². The quantitative estimate of drug-likeness (QED) is 0.498. The number of para-hydroxylation sites is 1. The molecular formula is C7H9N3S. The minimum Gasteiger partial charge on any atom is -0.345 e. The summed E-state index contributed by atoms with van der Waals surface area (Å²) in [7, 11) is 0. The molecule has 2 rings (SSSR count). The van der Waals surface area contributed by atoms with E-state index in [0.29, 0.717) is 0 Å². The van der Waals surface area contributed by atoms with Crippen LogP contribution in [0.1, 0.15) is 0 Å². The summed E-state index contributed by atoms with van der Waals surface area (Å²) < 4.78 is 0. The lowest BCUT2D eigenvalue weighted by Crippen LogP contribution is -2.50. The molecule has 0 spiro atoms. The van der Waals surface area contributed by atoms with E-state index in [9.17, 15) is 0 Å². The summed E-state index contributed by atoms with van der Waals surface area (Å²) in [6.07, 6.45) is 0. The normalized spacial score (nSPS) is 19.1. The minimum absolute atomic E-state index is 0.830. The Bertz CT molecular complexity index is 258. The molecule has 0 bridgehead atoms. The van der Waals surface area contributed by atoms with Gasteiger partial charge in [-0.15, -0.1) is 0 Å². The SMILES string of the molecule is NC1(N)Nc2ccccc2S1. The maximum absolute atomic E-state index is 5.66. The number of nitrogens with one attached hydrogen (secondary N) is 1. The fourth-order valence-corrected chi connectivity index (χ4v) is 1.98. The average molecular weight is 167 g/mol. The molecule has 0 atom stereocenters. The predicted molar refractivity (Wildman–Crippen MR) is 47.0 cm³/mol. The van der Waals surface area contributed by atoms with Crippen molar-refractivity contribution in [1.29, 1.82) is 0 Å². The van der Waals surface area contributed by atoms with Gasteiger partial charge < -0.3 is 5.32 Å². The Morgan fingerprint density at radius 2 is 2.00 bits per heavy atom. The molecule has 0 amide bonds. The van der Waals surface area contributed by atoms with Crippen LogP contribution < -0.4 is 16.8 Å². The molecule has 0 aliphatic carbocycles. The lowest BCUT2D eigenvalue weighted by atomic mass is 10.3. The van der Waals surface area contributed by atoms with E-state index < -0.39 is 5.12 Å². The van der Waals surface area contributed by atoms with Gasteiger partial charge in [0.1, 0.15) is 0 Å². The lowest BCUT2D eigenvalue weighted by Gasteiger charge is -2.16. The second-order valence-electron chi connectivity index (χ2n) is 2.52. The lowest BCUT2D eigenvalue weighted by molar-refractivity contribution is 0.747.